The monoisotopic (exact) mass is 324 g/mol. The number of phenolic OH excluding ortho intramolecular Hbond substituents is 1. The molecule has 0 atom stereocenters. The zero-order chi connectivity index (χ0) is 17.1. The molecule has 0 aliphatic heterocycles. The minimum Gasteiger partial charge on any atom is -0.508 e. The van der Waals surface area contributed by atoms with Crippen LogP contribution >= 0.6 is 0 Å². The predicted molar refractivity (Wildman–Crippen MR) is 94.6 cm³/mol. The Morgan fingerprint density at radius 1 is 1.21 bits per heavy atom. The van der Waals surface area contributed by atoms with E-state index in [0.717, 1.165) is 10.9 Å². The second kappa shape index (κ2) is 6.66. The van der Waals surface area contributed by atoms with E-state index in [-0.39, 0.29) is 18.3 Å². The van der Waals surface area contributed by atoms with Gasteiger partial charge in [0.15, 0.2) is 6.61 Å². The van der Waals surface area contributed by atoms with Crippen LogP contribution in [0.4, 0.5) is 5.69 Å². The number of aromatic hydroxyl groups is 1. The van der Waals surface area contributed by atoms with Crippen molar-refractivity contribution in [2.24, 2.45) is 0 Å². The molecule has 3 aromatic rings. The summed E-state index contributed by atoms with van der Waals surface area (Å²) in [6, 6.07) is 14.6. The molecular weight excluding hydrogens is 304 g/mol. The third-order valence-electron chi connectivity index (χ3n) is 3.77. The van der Waals surface area contributed by atoms with Gasteiger partial charge in [0, 0.05) is 29.4 Å². The average Bonchev–Trinajstić information content (AvgIpc) is 2.97. The van der Waals surface area contributed by atoms with E-state index in [2.05, 4.69) is 23.7 Å². The number of ether oxygens (including phenoxy) is 1. The van der Waals surface area contributed by atoms with Crippen LogP contribution < -0.4 is 10.1 Å². The van der Waals surface area contributed by atoms with Crippen LogP contribution in [0.1, 0.15) is 19.9 Å². The van der Waals surface area contributed by atoms with Crippen molar-refractivity contribution in [3.8, 4) is 11.5 Å². The van der Waals surface area contributed by atoms with Gasteiger partial charge in [0.1, 0.15) is 11.5 Å². The quantitative estimate of drug-likeness (QED) is 0.747. The molecule has 0 aliphatic carbocycles. The minimum atomic E-state index is -0.277. The Hall–Kier alpha value is -2.95. The molecule has 0 bridgehead atoms. The number of fused-ring (bicyclic) bond motifs is 1. The SMILES string of the molecule is CC(C)n1ccc2c(OCC(=O)Nc3cccc(O)c3)cccc21. The van der Waals surface area contributed by atoms with E-state index in [9.17, 15) is 9.90 Å². The number of benzene rings is 2. The molecule has 1 heterocycles. The van der Waals surface area contributed by atoms with Crippen LogP contribution in [0.2, 0.25) is 0 Å². The molecule has 0 saturated carbocycles. The topological polar surface area (TPSA) is 63.5 Å². The smallest absolute Gasteiger partial charge is 0.262 e. The standard InChI is InChI=1S/C19H20N2O3/c1-13(2)21-10-9-16-17(21)7-4-8-18(16)24-12-19(23)20-14-5-3-6-15(22)11-14/h3-11,13,22H,12H2,1-2H3,(H,20,23). The zero-order valence-electron chi connectivity index (χ0n) is 13.7. The molecule has 0 saturated heterocycles. The van der Waals surface area contributed by atoms with Crippen molar-refractivity contribution in [2.75, 3.05) is 11.9 Å². The Kier molecular flexibility index (Phi) is 4.42. The van der Waals surface area contributed by atoms with Crippen LogP contribution in [0.25, 0.3) is 10.9 Å². The lowest BCUT2D eigenvalue weighted by Gasteiger charge is -2.11. The van der Waals surface area contributed by atoms with Crippen LogP contribution in [-0.2, 0) is 4.79 Å². The highest BCUT2D eigenvalue weighted by molar-refractivity contribution is 5.92. The van der Waals surface area contributed by atoms with Crippen molar-refractivity contribution in [1.29, 1.82) is 0 Å². The van der Waals surface area contributed by atoms with E-state index in [1.54, 1.807) is 18.2 Å². The summed E-state index contributed by atoms with van der Waals surface area (Å²) >= 11 is 0. The Bertz CT molecular complexity index is 868. The van der Waals surface area contributed by atoms with Crippen molar-refractivity contribution < 1.29 is 14.6 Å². The minimum absolute atomic E-state index is 0.0956. The van der Waals surface area contributed by atoms with Crippen molar-refractivity contribution >= 4 is 22.5 Å². The van der Waals surface area contributed by atoms with Gasteiger partial charge in [0.25, 0.3) is 5.91 Å². The number of nitrogens with one attached hydrogen (secondary N) is 1. The summed E-state index contributed by atoms with van der Waals surface area (Å²) in [6.45, 7) is 4.15. The van der Waals surface area contributed by atoms with Crippen LogP contribution in [0.15, 0.2) is 54.7 Å². The molecule has 5 heteroatoms. The number of carbonyl (C=O) groups excluding carboxylic acids is 1. The molecule has 3 rings (SSSR count). The Balaban J connectivity index is 1.70. The van der Waals surface area contributed by atoms with Gasteiger partial charge in [0.2, 0.25) is 0 Å². The molecule has 1 aromatic heterocycles. The fraction of sp³-hybridized carbons (Fsp3) is 0.211. The molecule has 2 aromatic carbocycles. The van der Waals surface area contributed by atoms with Crippen LogP contribution in [0.5, 0.6) is 11.5 Å². The zero-order valence-corrected chi connectivity index (χ0v) is 13.7. The Labute approximate surface area is 140 Å². The van der Waals surface area contributed by atoms with Gasteiger partial charge in [-0.05, 0) is 44.2 Å². The third-order valence-corrected chi connectivity index (χ3v) is 3.77. The number of anilines is 1. The van der Waals surface area contributed by atoms with Crippen molar-refractivity contribution in [3.05, 3.63) is 54.7 Å². The maximum atomic E-state index is 12.0. The summed E-state index contributed by atoms with van der Waals surface area (Å²) < 4.78 is 7.85. The molecule has 2 N–H and O–H groups in total. The second-order valence-electron chi connectivity index (χ2n) is 5.89. The molecular formula is C19H20N2O3. The van der Waals surface area contributed by atoms with E-state index in [4.69, 9.17) is 4.74 Å². The average molecular weight is 324 g/mol. The van der Waals surface area contributed by atoms with E-state index in [1.165, 1.54) is 6.07 Å². The molecule has 0 fully saturated rings. The number of hydrogen-bond donors (Lipinski definition) is 2. The van der Waals surface area contributed by atoms with Gasteiger partial charge in [-0.1, -0.05) is 12.1 Å². The lowest BCUT2D eigenvalue weighted by molar-refractivity contribution is -0.118. The maximum Gasteiger partial charge on any atom is 0.262 e. The first-order chi connectivity index (χ1) is 11.5. The predicted octanol–water partition coefficient (Wildman–Crippen LogP) is 3.95. The molecule has 124 valence electrons. The van der Waals surface area contributed by atoms with Gasteiger partial charge in [-0.15, -0.1) is 0 Å². The van der Waals surface area contributed by atoms with Crippen molar-refractivity contribution in [3.63, 3.8) is 0 Å². The Morgan fingerprint density at radius 2 is 2.00 bits per heavy atom. The largest absolute Gasteiger partial charge is 0.508 e. The summed E-state index contributed by atoms with van der Waals surface area (Å²) in [7, 11) is 0. The van der Waals surface area contributed by atoms with Gasteiger partial charge in [-0.25, -0.2) is 0 Å². The number of amides is 1. The molecule has 0 spiro atoms. The highest BCUT2D eigenvalue weighted by Crippen LogP contribution is 2.28. The second-order valence-corrected chi connectivity index (χ2v) is 5.89. The molecule has 5 nitrogen and oxygen atoms in total. The lowest BCUT2D eigenvalue weighted by Crippen LogP contribution is -2.20. The highest BCUT2D eigenvalue weighted by Gasteiger charge is 2.10. The van der Waals surface area contributed by atoms with Crippen molar-refractivity contribution in [2.45, 2.75) is 19.9 Å². The summed E-state index contributed by atoms with van der Waals surface area (Å²) in [5, 5.41) is 13.1. The normalized spacial score (nSPS) is 11.0. The number of nitrogens with zero attached hydrogens (tertiary/aromatic N) is 1. The molecule has 0 aliphatic rings. The van der Waals surface area contributed by atoms with Crippen LogP contribution in [0.3, 0.4) is 0 Å². The van der Waals surface area contributed by atoms with Crippen LogP contribution in [-0.4, -0.2) is 22.2 Å². The summed E-state index contributed by atoms with van der Waals surface area (Å²) in [4.78, 5) is 12.0. The number of aromatic nitrogens is 1. The van der Waals surface area contributed by atoms with Gasteiger partial charge in [0.05, 0.1) is 5.52 Å². The van der Waals surface area contributed by atoms with Gasteiger partial charge < -0.3 is 19.7 Å². The number of phenols is 1. The number of carbonyl (C=O) groups is 1. The number of hydrogen-bond acceptors (Lipinski definition) is 3. The molecule has 0 radical (unpaired) electrons. The van der Waals surface area contributed by atoms with E-state index >= 15 is 0 Å². The molecule has 24 heavy (non-hydrogen) atoms. The third kappa shape index (κ3) is 3.35. The first-order valence-electron chi connectivity index (χ1n) is 7.86. The van der Waals surface area contributed by atoms with Gasteiger partial charge in [-0.2, -0.15) is 0 Å². The first kappa shape index (κ1) is 15.9. The fourth-order valence-electron chi connectivity index (χ4n) is 2.66. The summed E-state index contributed by atoms with van der Waals surface area (Å²) in [5.74, 6) is 0.507. The van der Waals surface area contributed by atoms with Gasteiger partial charge in [-0.3, -0.25) is 4.79 Å². The maximum absolute atomic E-state index is 12.0. The van der Waals surface area contributed by atoms with E-state index in [1.807, 2.05) is 30.5 Å². The molecule has 0 unspecified atom stereocenters. The van der Waals surface area contributed by atoms with Crippen LogP contribution in [0, 0.1) is 0 Å². The fourth-order valence-corrected chi connectivity index (χ4v) is 2.66. The highest BCUT2D eigenvalue weighted by atomic mass is 16.5. The Morgan fingerprint density at radius 3 is 2.75 bits per heavy atom. The lowest BCUT2D eigenvalue weighted by atomic mass is 10.2. The van der Waals surface area contributed by atoms with Gasteiger partial charge >= 0.3 is 0 Å². The summed E-state index contributed by atoms with van der Waals surface area (Å²) in [6.07, 6.45) is 2.02. The first-order valence-corrected chi connectivity index (χ1v) is 7.86. The summed E-state index contributed by atoms with van der Waals surface area (Å²) in [5.41, 5.74) is 1.61. The van der Waals surface area contributed by atoms with E-state index < -0.39 is 0 Å². The molecule has 1 amide bonds. The number of rotatable bonds is 5. The van der Waals surface area contributed by atoms with E-state index in [0.29, 0.717) is 17.5 Å². The van der Waals surface area contributed by atoms with Crippen molar-refractivity contribution in [1.82, 2.24) is 4.57 Å².